The number of nitriles is 1. The average molecular weight is 381 g/mol. The summed E-state index contributed by atoms with van der Waals surface area (Å²) in [6.45, 7) is 0. The number of nitrogens with zero attached hydrogens (tertiary/aromatic N) is 3. The minimum Gasteiger partial charge on any atom is -0.319 e. The van der Waals surface area contributed by atoms with E-state index in [0.717, 1.165) is 0 Å². The maximum Gasteiger partial charge on any atom is 0.292 e. The molecular formula is C22H15N5O2. The van der Waals surface area contributed by atoms with Gasteiger partial charge >= 0.3 is 0 Å². The smallest absolute Gasteiger partial charge is 0.292 e. The first-order valence-corrected chi connectivity index (χ1v) is 8.81. The van der Waals surface area contributed by atoms with Crippen molar-refractivity contribution in [1.82, 2.24) is 9.38 Å². The standard InChI is InChI=1S/C22H15N5O2/c23-14-15-8-4-5-11-17(15)25-21(28)19-18-12-6-7-13-27(18)20(26-19)22(29)24-16-9-2-1-3-10-16/h1-13H,(H,24,29)(H,25,28). The van der Waals surface area contributed by atoms with Crippen molar-refractivity contribution in [3.63, 3.8) is 0 Å². The number of aromatic nitrogens is 2. The van der Waals surface area contributed by atoms with E-state index in [9.17, 15) is 14.9 Å². The summed E-state index contributed by atoms with van der Waals surface area (Å²) in [5.41, 5.74) is 1.92. The van der Waals surface area contributed by atoms with Crippen molar-refractivity contribution in [3.05, 3.63) is 96.1 Å². The molecule has 0 aliphatic rings. The number of amides is 2. The molecule has 2 aromatic heterocycles. The van der Waals surface area contributed by atoms with Crippen LogP contribution in [0.15, 0.2) is 79.0 Å². The van der Waals surface area contributed by atoms with Crippen LogP contribution < -0.4 is 10.6 Å². The molecule has 0 fully saturated rings. The minimum atomic E-state index is -0.504. The van der Waals surface area contributed by atoms with Crippen molar-refractivity contribution in [2.75, 3.05) is 10.6 Å². The van der Waals surface area contributed by atoms with Gasteiger partial charge in [0.05, 0.1) is 16.8 Å². The Morgan fingerprint density at radius 3 is 2.38 bits per heavy atom. The highest BCUT2D eigenvalue weighted by Crippen LogP contribution is 2.19. The number of pyridine rings is 1. The number of anilines is 2. The van der Waals surface area contributed by atoms with Crippen molar-refractivity contribution in [2.45, 2.75) is 0 Å². The van der Waals surface area contributed by atoms with Gasteiger partial charge < -0.3 is 10.6 Å². The van der Waals surface area contributed by atoms with E-state index < -0.39 is 11.8 Å². The van der Waals surface area contributed by atoms with E-state index in [0.29, 0.717) is 22.5 Å². The molecular weight excluding hydrogens is 366 g/mol. The molecule has 0 aliphatic carbocycles. The van der Waals surface area contributed by atoms with Gasteiger partial charge in [-0.15, -0.1) is 0 Å². The van der Waals surface area contributed by atoms with Crippen LogP contribution >= 0.6 is 0 Å². The number of nitrogens with one attached hydrogen (secondary N) is 2. The molecule has 0 atom stereocenters. The maximum atomic E-state index is 12.9. The van der Waals surface area contributed by atoms with Gasteiger partial charge in [0.15, 0.2) is 5.69 Å². The van der Waals surface area contributed by atoms with E-state index in [4.69, 9.17) is 0 Å². The molecule has 0 radical (unpaired) electrons. The third-order valence-electron chi connectivity index (χ3n) is 4.29. The van der Waals surface area contributed by atoms with Gasteiger partial charge in [-0.2, -0.15) is 5.26 Å². The summed E-state index contributed by atoms with van der Waals surface area (Å²) >= 11 is 0. The fourth-order valence-electron chi connectivity index (χ4n) is 2.94. The third-order valence-corrected chi connectivity index (χ3v) is 4.29. The van der Waals surface area contributed by atoms with Crippen molar-refractivity contribution in [3.8, 4) is 6.07 Å². The van der Waals surface area contributed by atoms with Crippen LogP contribution in [0, 0.1) is 11.3 Å². The first-order valence-electron chi connectivity index (χ1n) is 8.81. The number of carbonyl (C=O) groups excluding carboxylic acids is 2. The van der Waals surface area contributed by atoms with Crippen LogP contribution in [0.3, 0.4) is 0 Å². The van der Waals surface area contributed by atoms with Crippen LogP contribution in [-0.4, -0.2) is 21.2 Å². The molecule has 7 nitrogen and oxygen atoms in total. The summed E-state index contributed by atoms with van der Waals surface area (Å²) in [4.78, 5) is 29.9. The Hall–Kier alpha value is -4.44. The topological polar surface area (TPSA) is 99.3 Å². The molecule has 0 bridgehead atoms. The van der Waals surface area contributed by atoms with Gasteiger partial charge in [-0.1, -0.05) is 36.4 Å². The quantitative estimate of drug-likeness (QED) is 0.563. The van der Waals surface area contributed by atoms with Gasteiger partial charge in [0, 0.05) is 11.9 Å². The van der Waals surface area contributed by atoms with E-state index in [-0.39, 0.29) is 11.5 Å². The van der Waals surface area contributed by atoms with Crippen molar-refractivity contribution < 1.29 is 9.59 Å². The molecule has 0 unspecified atom stereocenters. The molecule has 4 rings (SSSR count). The Morgan fingerprint density at radius 2 is 1.59 bits per heavy atom. The lowest BCUT2D eigenvalue weighted by Gasteiger charge is -2.05. The van der Waals surface area contributed by atoms with Crippen LogP contribution in [-0.2, 0) is 0 Å². The Kier molecular flexibility index (Phi) is 4.74. The molecule has 2 amide bonds. The van der Waals surface area contributed by atoms with Gasteiger partial charge in [0.25, 0.3) is 11.8 Å². The summed E-state index contributed by atoms with van der Waals surface area (Å²) in [6.07, 6.45) is 1.67. The highest BCUT2D eigenvalue weighted by atomic mass is 16.2. The number of imidazole rings is 1. The fourth-order valence-corrected chi connectivity index (χ4v) is 2.94. The highest BCUT2D eigenvalue weighted by molar-refractivity contribution is 6.10. The molecule has 0 spiro atoms. The Morgan fingerprint density at radius 1 is 0.862 bits per heavy atom. The number of hydrogen-bond donors (Lipinski definition) is 2. The number of hydrogen-bond acceptors (Lipinski definition) is 4. The first-order chi connectivity index (χ1) is 14.2. The minimum absolute atomic E-state index is 0.0863. The number of carbonyl (C=O) groups is 2. The van der Waals surface area contributed by atoms with Crippen LogP contribution in [0.1, 0.15) is 26.7 Å². The average Bonchev–Trinajstić information content (AvgIpc) is 3.15. The Bertz CT molecular complexity index is 1260. The number of benzene rings is 2. The highest BCUT2D eigenvalue weighted by Gasteiger charge is 2.22. The van der Waals surface area contributed by atoms with E-state index in [1.165, 1.54) is 0 Å². The van der Waals surface area contributed by atoms with Crippen LogP contribution in [0.5, 0.6) is 0 Å². The largest absolute Gasteiger partial charge is 0.319 e. The predicted octanol–water partition coefficient (Wildman–Crippen LogP) is 3.71. The predicted molar refractivity (Wildman–Crippen MR) is 109 cm³/mol. The molecule has 140 valence electrons. The summed E-state index contributed by atoms with van der Waals surface area (Å²) in [6, 6.07) is 22.9. The maximum absolute atomic E-state index is 12.9. The summed E-state index contributed by atoms with van der Waals surface area (Å²) in [5, 5.41) is 14.7. The second kappa shape index (κ2) is 7.66. The van der Waals surface area contributed by atoms with Crippen molar-refractivity contribution in [1.29, 1.82) is 5.26 Å². The zero-order chi connectivity index (χ0) is 20.2. The number of rotatable bonds is 4. The lowest BCUT2D eigenvalue weighted by atomic mass is 10.2. The van der Waals surface area contributed by atoms with Crippen LogP contribution in [0.2, 0.25) is 0 Å². The second-order valence-electron chi connectivity index (χ2n) is 6.17. The Balaban J connectivity index is 1.70. The number of fused-ring (bicyclic) bond motifs is 1. The van der Waals surface area contributed by atoms with Gasteiger partial charge in [-0.25, -0.2) is 4.98 Å². The fraction of sp³-hybridized carbons (Fsp3) is 0. The monoisotopic (exact) mass is 381 g/mol. The molecule has 4 aromatic rings. The molecule has 7 heteroatoms. The second-order valence-corrected chi connectivity index (χ2v) is 6.17. The van der Waals surface area contributed by atoms with Crippen molar-refractivity contribution in [2.24, 2.45) is 0 Å². The normalized spacial score (nSPS) is 10.3. The first kappa shape index (κ1) is 17.9. The van der Waals surface area contributed by atoms with E-state index in [1.807, 2.05) is 24.3 Å². The molecule has 0 aliphatic heterocycles. The number of para-hydroxylation sites is 2. The van der Waals surface area contributed by atoms with E-state index in [2.05, 4.69) is 15.6 Å². The molecule has 29 heavy (non-hydrogen) atoms. The summed E-state index contributed by atoms with van der Waals surface area (Å²) < 4.78 is 1.56. The summed E-state index contributed by atoms with van der Waals surface area (Å²) in [5.74, 6) is -0.854. The van der Waals surface area contributed by atoms with Crippen LogP contribution in [0.4, 0.5) is 11.4 Å². The lowest BCUT2D eigenvalue weighted by Crippen LogP contribution is -2.16. The van der Waals surface area contributed by atoms with Gasteiger partial charge in [0.1, 0.15) is 6.07 Å². The summed E-state index contributed by atoms with van der Waals surface area (Å²) in [7, 11) is 0. The molecule has 2 N–H and O–H groups in total. The third kappa shape index (κ3) is 3.55. The van der Waals surface area contributed by atoms with E-state index >= 15 is 0 Å². The zero-order valence-electron chi connectivity index (χ0n) is 15.2. The van der Waals surface area contributed by atoms with Crippen molar-refractivity contribution >= 4 is 28.7 Å². The van der Waals surface area contributed by atoms with E-state index in [1.54, 1.807) is 65.2 Å². The SMILES string of the molecule is N#Cc1ccccc1NC(=O)c1nc(C(=O)Nc2ccccc2)n2ccccc12. The molecule has 0 saturated carbocycles. The molecule has 0 saturated heterocycles. The van der Waals surface area contributed by atoms with Gasteiger partial charge in [0.2, 0.25) is 5.82 Å². The Labute approximate surface area is 166 Å². The van der Waals surface area contributed by atoms with Gasteiger partial charge in [-0.05, 0) is 36.4 Å². The zero-order valence-corrected chi connectivity index (χ0v) is 15.2. The lowest BCUT2D eigenvalue weighted by molar-refractivity contribution is 0.101. The molecule has 2 heterocycles. The molecule has 2 aromatic carbocycles. The van der Waals surface area contributed by atoms with Gasteiger partial charge in [-0.3, -0.25) is 14.0 Å². The van der Waals surface area contributed by atoms with Crippen LogP contribution in [0.25, 0.3) is 5.52 Å².